The third-order valence-corrected chi connectivity index (χ3v) is 3.91. The van der Waals surface area contributed by atoms with E-state index in [1.165, 1.54) is 5.56 Å². The van der Waals surface area contributed by atoms with Crippen LogP contribution in [0.25, 0.3) is 0 Å². The highest BCUT2D eigenvalue weighted by Gasteiger charge is 2.33. The van der Waals surface area contributed by atoms with Crippen molar-refractivity contribution in [2.24, 2.45) is 0 Å². The molecule has 0 aromatic heterocycles. The molecule has 1 saturated heterocycles. The topological polar surface area (TPSA) is 41.9 Å². The van der Waals surface area contributed by atoms with Crippen LogP contribution < -0.4 is 9.47 Å². The Bertz CT molecular complexity index is 602. The standard InChI is InChI=1S/C18H21NO3/c1-21-16-9-5-6-10-17(16)22-18-13-19(12-15(18)20)11-14-7-3-2-4-8-14/h2-10,15,18,20H,11-13H2,1H3. The number of benzene rings is 2. The second-order valence-electron chi connectivity index (χ2n) is 5.55. The summed E-state index contributed by atoms with van der Waals surface area (Å²) in [5.41, 5.74) is 1.24. The van der Waals surface area contributed by atoms with Crippen molar-refractivity contribution < 1.29 is 14.6 Å². The van der Waals surface area contributed by atoms with Gasteiger partial charge in [-0.1, -0.05) is 42.5 Å². The van der Waals surface area contributed by atoms with E-state index in [0.717, 1.165) is 6.54 Å². The summed E-state index contributed by atoms with van der Waals surface area (Å²) in [5, 5.41) is 10.3. The van der Waals surface area contributed by atoms with Crippen LogP contribution in [-0.4, -0.2) is 42.4 Å². The first-order valence-electron chi connectivity index (χ1n) is 7.50. The minimum absolute atomic E-state index is 0.236. The Kier molecular flexibility index (Phi) is 4.61. The molecule has 1 heterocycles. The zero-order valence-corrected chi connectivity index (χ0v) is 12.7. The van der Waals surface area contributed by atoms with E-state index in [4.69, 9.17) is 9.47 Å². The molecule has 0 radical (unpaired) electrons. The van der Waals surface area contributed by atoms with Crippen LogP contribution in [0.3, 0.4) is 0 Å². The molecule has 2 atom stereocenters. The molecular formula is C18H21NO3. The molecule has 0 saturated carbocycles. The zero-order valence-electron chi connectivity index (χ0n) is 12.7. The summed E-state index contributed by atoms with van der Waals surface area (Å²) >= 11 is 0. The van der Waals surface area contributed by atoms with Crippen molar-refractivity contribution in [2.45, 2.75) is 18.8 Å². The Balaban J connectivity index is 1.63. The summed E-state index contributed by atoms with van der Waals surface area (Å²) in [6.45, 7) is 2.15. The van der Waals surface area contributed by atoms with Crippen molar-refractivity contribution in [2.75, 3.05) is 20.2 Å². The molecule has 0 spiro atoms. The van der Waals surface area contributed by atoms with Gasteiger partial charge >= 0.3 is 0 Å². The summed E-state index contributed by atoms with van der Waals surface area (Å²) in [4.78, 5) is 2.21. The summed E-state index contributed by atoms with van der Waals surface area (Å²) in [6.07, 6.45) is -0.728. The average molecular weight is 299 g/mol. The fourth-order valence-corrected chi connectivity index (χ4v) is 2.80. The van der Waals surface area contributed by atoms with Gasteiger partial charge in [-0.25, -0.2) is 0 Å². The molecule has 4 heteroatoms. The molecule has 1 fully saturated rings. The van der Waals surface area contributed by atoms with E-state index in [9.17, 15) is 5.11 Å². The third-order valence-electron chi connectivity index (χ3n) is 3.91. The maximum atomic E-state index is 10.3. The molecule has 2 aromatic rings. The fourth-order valence-electron chi connectivity index (χ4n) is 2.80. The molecule has 1 aliphatic rings. The molecule has 0 aliphatic carbocycles. The zero-order chi connectivity index (χ0) is 15.4. The number of para-hydroxylation sites is 2. The van der Waals surface area contributed by atoms with Crippen molar-refractivity contribution in [1.29, 1.82) is 0 Å². The average Bonchev–Trinajstić information content (AvgIpc) is 2.88. The highest BCUT2D eigenvalue weighted by Crippen LogP contribution is 2.29. The van der Waals surface area contributed by atoms with E-state index < -0.39 is 6.10 Å². The molecule has 2 aromatic carbocycles. The van der Waals surface area contributed by atoms with Gasteiger partial charge in [0.1, 0.15) is 12.2 Å². The SMILES string of the molecule is COc1ccccc1OC1CN(Cc2ccccc2)CC1O. The molecule has 22 heavy (non-hydrogen) atoms. The highest BCUT2D eigenvalue weighted by atomic mass is 16.5. The number of aliphatic hydroxyl groups is 1. The minimum atomic E-state index is -0.492. The van der Waals surface area contributed by atoms with Crippen LogP contribution >= 0.6 is 0 Å². The molecule has 2 unspecified atom stereocenters. The smallest absolute Gasteiger partial charge is 0.161 e. The second kappa shape index (κ2) is 6.81. The first-order chi connectivity index (χ1) is 10.8. The van der Waals surface area contributed by atoms with Crippen LogP contribution in [0.15, 0.2) is 54.6 Å². The summed E-state index contributed by atoms with van der Waals surface area (Å²) in [6, 6.07) is 17.8. The highest BCUT2D eigenvalue weighted by molar-refractivity contribution is 5.39. The molecule has 4 nitrogen and oxygen atoms in total. The van der Waals surface area contributed by atoms with Gasteiger partial charge in [-0.05, 0) is 17.7 Å². The Labute approximate surface area is 130 Å². The largest absolute Gasteiger partial charge is 0.493 e. The lowest BCUT2D eigenvalue weighted by molar-refractivity contribution is 0.0717. The number of methoxy groups -OCH3 is 1. The Morgan fingerprint density at radius 3 is 2.41 bits per heavy atom. The molecule has 0 amide bonds. The first-order valence-corrected chi connectivity index (χ1v) is 7.50. The van der Waals surface area contributed by atoms with Crippen LogP contribution in [0.4, 0.5) is 0 Å². The predicted octanol–water partition coefficient (Wildman–Crippen LogP) is 2.32. The molecule has 3 rings (SSSR count). The van der Waals surface area contributed by atoms with Gasteiger partial charge in [0, 0.05) is 19.6 Å². The molecule has 1 aliphatic heterocycles. The lowest BCUT2D eigenvalue weighted by Gasteiger charge is -2.18. The number of nitrogens with zero attached hydrogens (tertiary/aromatic N) is 1. The maximum Gasteiger partial charge on any atom is 0.161 e. The van der Waals surface area contributed by atoms with Crippen molar-refractivity contribution in [3.8, 4) is 11.5 Å². The number of hydrogen-bond acceptors (Lipinski definition) is 4. The van der Waals surface area contributed by atoms with Gasteiger partial charge in [-0.15, -0.1) is 0 Å². The van der Waals surface area contributed by atoms with Crippen molar-refractivity contribution >= 4 is 0 Å². The molecule has 0 bridgehead atoms. The normalized spacial score (nSPS) is 21.7. The molecule has 116 valence electrons. The summed E-state index contributed by atoms with van der Waals surface area (Å²) < 4.78 is 11.3. The maximum absolute atomic E-state index is 10.3. The van der Waals surface area contributed by atoms with E-state index >= 15 is 0 Å². The van der Waals surface area contributed by atoms with E-state index in [1.54, 1.807) is 7.11 Å². The number of rotatable bonds is 5. The fraction of sp³-hybridized carbons (Fsp3) is 0.333. The van der Waals surface area contributed by atoms with Gasteiger partial charge in [-0.2, -0.15) is 0 Å². The van der Waals surface area contributed by atoms with E-state index in [1.807, 2.05) is 42.5 Å². The first kappa shape index (κ1) is 14.9. The van der Waals surface area contributed by atoms with Crippen LogP contribution in [0.1, 0.15) is 5.56 Å². The Hall–Kier alpha value is -2.04. The summed E-state index contributed by atoms with van der Waals surface area (Å²) in [7, 11) is 1.62. The number of ether oxygens (including phenoxy) is 2. The van der Waals surface area contributed by atoms with Gasteiger partial charge in [0.2, 0.25) is 0 Å². The van der Waals surface area contributed by atoms with Crippen LogP contribution in [0.5, 0.6) is 11.5 Å². The second-order valence-corrected chi connectivity index (χ2v) is 5.55. The summed E-state index contributed by atoms with van der Waals surface area (Å²) in [5.74, 6) is 1.37. The van der Waals surface area contributed by atoms with Gasteiger partial charge in [0.25, 0.3) is 0 Å². The van der Waals surface area contributed by atoms with Crippen molar-refractivity contribution in [3.63, 3.8) is 0 Å². The molecule has 1 N–H and O–H groups in total. The van der Waals surface area contributed by atoms with Gasteiger partial charge in [-0.3, -0.25) is 4.90 Å². The van der Waals surface area contributed by atoms with Crippen LogP contribution in [0.2, 0.25) is 0 Å². The van der Waals surface area contributed by atoms with Crippen LogP contribution in [0, 0.1) is 0 Å². The number of aliphatic hydroxyl groups excluding tert-OH is 1. The Morgan fingerprint density at radius 1 is 1.00 bits per heavy atom. The molecular weight excluding hydrogens is 278 g/mol. The lowest BCUT2D eigenvalue weighted by Crippen LogP contribution is -2.30. The van der Waals surface area contributed by atoms with Gasteiger partial charge in [0.15, 0.2) is 11.5 Å². The Morgan fingerprint density at radius 2 is 1.68 bits per heavy atom. The van der Waals surface area contributed by atoms with E-state index in [2.05, 4.69) is 17.0 Å². The van der Waals surface area contributed by atoms with E-state index in [-0.39, 0.29) is 6.10 Å². The van der Waals surface area contributed by atoms with Crippen molar-refractivity contribution in [1.82, 2.24) is 4.90 Å². The van der Waals surface area contributed by atoms with Crippen LogP contribution in [-0.2, 0) is 6.54 Å². The van der Waals surface area contributed by atoms with Gasteiger partial charge < -0.3 is 14.6 Å². The minimum Gasteiger partial charge on any atom is -0.493 e. The lowest BCUT2D eigenvalue weighted by atomic mass is 10.2. The number of hydrogen-bond donors (Lipinski definition) is 1. The predicted molar refractivity (Wildman–Crippen MR) is 85.1 cm³/mol. The number of likely N-dealkylation sites (tertiary alicyclic amines) is 1. The van der Waals surface area contributed by atoms with E-state index in [0.29, 0.717) is 24.6 Å². The number of β-amino-alcohol motifs (C(OH)–C–C–N with tert-alkyl or cyclic N) is 1. The third kappa shape index (κ3) is 3.40. The van der Waals surface area contributed by atoms with Crippen molar-refractivity contribution in [3.05, 3.63) is 60.2 Å². The van der Waals surface area contributed by atoms with Gasteiger partial charge in [0.05, 0.1) is 7.11 Å². The monoisotopic (exact) mass is 299 g/mol. The quantitative estimate of drug-likeness (QED) is 0.920.